The predicted molar refractivity (Wildman–Crippen MR) is 82.9 cm³/mol. The van der Waals surface area contributed by atoms with Crippen LogP contribution in [-0.4, -0.2) is 25.3 Å². The first-order valence-corrected chi connectivity index (χ1v) is 8.16. The first kappa shape index (κ1) is 14.1. The van der Waals surface area contributed by atoms with Gasteiger partial charge in [0.15, 0.2) is 0 Å². The highest BCUT2D eigenvalue weighted by atomic mass is 16.5. The summed E-state index contributed by atoms with van der Waals surface area (Å²) in [5, 5.41) is 3.57. The summed E-state index contributed by atoms with van der Waals surface area (Å²) in [6.45, 7) is 0.966. The fourth-order valence-corrected chi connectivity index (χ4v) is 3.91. The quantitative estimate of drug-likeness (QED) is 0.885. The highest BCUT2D eigenvalue weighted by Crippen LogP contribution is 2.45. The van der Waals surface area contributed by atoms with Gasteiger partial charge < -0.3 is 10.1 Å². The smallest absolute Gasteiger partial charge is 0.0685 e. The van der Waals surface area contributed by atoms with Gasteiger partial charge in [-0.25, -0.2) is 0 Å². The third kappa shape index (κ3) is 3.07. The summed E-state index contributed by atoms with van der Waals surface area (Å²) >= 11 is 0. The lowest BCUT2D eigenvalue weighted by molar-refractivity contribution is -0.147. The first-order chi connectivity index (χ1) is 9.81. The van der Waals surface area contributed by atoms with Gasteiger partial charge in [-0.1, -0.05) is 30.3 Å². The van der Waals surface area contributed by atoms with Gasteiger partial charge in [-0.05, 0) is 63.5 Å². The van der Waals surface area contributed by atoms with Crippen LogP contribution < -0.4 is 5.32 Å². The zero-order valence-corrected chi connectivity index (χ0v) is 12.6. The highest BCUT2D eigenvalue weighted by molar-refractivity contribution is 5.15. The first-order valence-electron chi connectivity index (χ1n) is 8.16. The van der Waals surface area contributed by atoms with Crippen molar-refractivity contribution in [3.63, 3.8) is 0 Å². The van der Waals surface area contributed by atoms with E-state index in [1.54, 1.807) is 0 Å². The van der Waals surface area contributed by atoms with E-state index in [0.29, 0.717) is 6.04 Å². The Balaban J connectivity index is 1.55. The molecular formula is C18H27NO. The molecule has 1 saturated heterocycles. The average molecular weight is 273 g/mol. The molecule has 2 aliphatic rings. The molecule has 0 amide bonds. The number of nitrogens with one attached hydrogen (secondary N) is 1. The summed E-state index contributed by atoms with van der Waals surface area (Å²) in [6.07, 6.45) is 8.85. The molecule has 2 fully saturated rings. The van der Waals surface area contributed by atoms with Gasteiger partial charge in [-0.3, -0.25) is 0 Å². The van der Waals surface area contributed by atoms with Crippen molar-refractivity contribution in [2.24, 2.45) is 5.92 Å². The largest absolute Gasteiger partial charge is 0.375 e. The van der Waals surface area contributed by atoms with Crippen molar-refractivity contribution in [2.45, 2.75) is 56.6 Å². The Bertz CT molecular complexity index is 413. The van der Waals surface area contributed by atoms with Crippen molar-refractivity contribution in [3.05, 3.63) is 35.9 Å². The number of aryl methyl sites for hydroxylation is 1. The van der Waals surface area contributed by atoms with Gasteiger partial charge in [-0.15, -0.1) is 0 Å². The third-order valence-corrected chi connectivity index (χ3v) is 5.32. The summed E-state index contributed by atoms with van der Waals surface area (Å²) in [6, 6.07) is 11.5. The van der Waals surface area contributed by atoms with E-state index in [0.717, 1.165) is 12.5 Å². The maximum Gasteiger partial charge on any atom is 0.0685 e. The van der Waals surface area contributed by atoms with Crippen LogP contribution in [-0.2, 0) is 11.2 Å². The second-order valence-electron chi connectivity index (χ2n) is 6.56. The molecule has 2 unspecified atom stereocenters. The second-order valence-corrected chi connectivity index (χ2v) is 6.56. The number of rotatable bonds is 5. The zero-order valence-electron chi connectivity index (χ0n) is 12.6. The van der Waals surface area contributed by atoms with Crippen molar-refractivity contribution in [1.82, 2.24) is 5.32 Å². The topological polar surface area (TPSA) is 21.3 Å². The SMILES string of the molecule is CNC(CCc1ccccc1)C1CCOC2(CCC2)C1. The van der Waals surface area contributed by atoms with Gasteiger partial charge in [0.2, 0.25) is 0 Å². The molecule has 2 atom stereocenters. The van der Waals surface area contributed by atoms with E-state index >= 15 is 0 Å². The van der Waals surface area contributed by atoms with Gasteiger partial charge in [-0.2, -0.15) is 0 Å². The Morgan fingerprint density at radius 2 is 2.10 bits per heavy atom. The number of benzene rings is 1. The van der Waals surface area contributed by atoms with E-state index in [4.69, 9.17) is 4.74 Å². The van der Waals surface area contributed by atoms with E-state index in [9.17, 15) is 0 Å². The van der Waals surface area contributed by atoms with E-state index in [1.165, 1.54) is 50.5 Å². The van der Waals surface area contributed by atoms with Crippen LogP contribution in [0.3, 0.4) is 0 Å². The maximum absolute atomic E-state index is 6.06. The van der Waals surface area contributed by atoms with Crippen LogP contribution in [0.25, 0.3) is 0 Å². The molecule has 1 N–H and O–H groups in total. The van der Waals surface area contributed by atoms with Gasteiger partial charge in [0.25, 0.3) is 0 Å². The van der Waals surface area contributed by atoms with Crippen LogP contribution in [0.4, 0.5) is 0 Å². The maximum atomic E-state index is 6.06. The predicted octanol–water partition coefficient (Wildman–Crippen LogP) is 3.56. The molecule has 1 heterocycles. The van der Waals surface area contributed by atoms with E-state index in [2.05, 4.69) is 42.7 Å². The Hall–Kier alpha value is -0.860. The monoisotopic (exact) mass is 273 g/mol. The Kier molecular flexibility index (Phi) is 4.42. The average Bonchev–Trinajstić information content (AvgIpc) is 2.48. The van der Waals surface area contributed by atoms with E-state index in [1.807, 2.05) is 0 Å². The summed E-state index contributed by atoms with van der Waals surface area (Å²) in [7, 11) is 2.12. The summed E-state index contributed by atoms with van der Waals surface area (Å²) in [5.41, 5.74) is 1.73. The van der Waals surface area contributed by atoms with E-state index < -0.39 is 0 Å². The molecule has 0 bridgehead atoms. The fourth-order valence-electron chi connectivity index (χ4n) is 3.91. The molecule has 0 aromatic heterocycles. The minimum absolute atomic E-state index is 0.269. The zero-order chi connectivity index (χ0) is 13.8. The van der Waals surface area contributed by atoms with E-state index in [-0.39, 0.29) is 5.60 Å². The minimum Gasteiger partial charge on any atom is -0.375 e. The molecule has 1 spiro atoms. The van der Waals surface area contributed by atoms with Crippen molar-refractivity contribution in [1.29, 1.82) is 0 Å². The third-order valence-electron chi connectivity index (χ3n) is 5.32. The van der Waals surface area contributed by atoms with Crippen LogP contribution in [0.15, 0.2) is 30.3 Å². The molecule has 2 heteroatoms. The summed E-state index contributed by atoms with van der Waals surface area (Å²) in [5.74, 6) is 0.790. The molecule has 110 valence electrons. The van der Waals surface area contributed by atoms with Crippen molar-refractivity contribution in [3.8, 4) is 0 Å². The molecule has 1 saturated carbocycles. The van der Waals surface area contributed by atoms with Gasteiger partial charge in [0, 0.05) is 12.6 Å². The Morgan fingerprint density at radius 1 is 1.30 bits per heavy atom. The fraction of sp³-hybridized carbons (Fsp3) is 0.667. The molecular weight excluding hydrogens is 246 g/mol. The lowest BCUT2D eigenvalue weighted by atomic mass is 9.70. The van der Waals surface area contributed by atoms with Crippen LogP contribution in [0.5, 0.6) is 0 Å². The van der Waals surface area contributed by atoms with Gasteiger partial charge >= 0.3 is 0 Å². The Morgan fingerprint density at radius 3 is 2.75 bits per heavy atom. The molecule has 1 aliphatic heterocycles. The second kappa shape index (κ2) is 6.28. The standard InChI is InChI=1S/C18H27NO/c1-19-17(9-8-15-6-3-2-4-7-15)16-10-13-20-18(14-16)11-5-12-18/h2-4,6-7,16-17,19H,5,8-14H2,1H3. The molecule has 1 aromatic carbocycles. The molecule has 20 heavy (non-hydrogen) atoms. The van der Waals surface area contributed by atoms with Crippen LogP contribution >= 0.6 is 0 Å². The van der Waals surface area contributed by atoms with Crippen LogP contribution in [0.1, 0.15) is 44.1 Å². The summed E-state index contributed by atoms with van der Waals surface area (Å²) < 4.78 is 6.06. The number of hydrogen-bond acceptors (Lipinski definition) is 2. The molecule has 0 radical (unpaired) electrons. The lowest BCUT2D eigenvalue weighted by Gasteiger charge is -2.48. The minimum atomic E-state index is 0.269. The Labute approximate surface area is 122 Å². The normalized spacial score (nSPS) is 26.1. The number of hydrogen-bond donors (Lipinski definition) is 1. The van der Waals surface area contributed by atoms with Gasteiger partial charge in [0.05, 0.1) is 5.60 Å². The molecule has 1 aliphatic carbocycles. The van der Waals surface area contributed by atoms with Crippen molar-refractivity contribution in [2.75, 3.05) is 13.7 Å². The lowest BCUT2D eigenvalue weighted by Crippen LogP contribution is -2.49. The van der Waals surface area contributed by atoms with Gasteiger partial charge in [0.1, 0.15) is 0 Å². The van der Waals surface area contributed by atoms with Crippen molar-refractivity contribution >= 4 is 0 Å². The van der Waals surface area contributed by atoms with Crippen LogP contribution in [0, 0.1) is 5.92 Å². The van der Waals surface area contributed by atoms with Crippen LogP contribution in [0.2, 0.25) is 0 Å². The van der Waals surface area contributed by atoms with Crippen molar-refractivity contribution < 1.29 is 4.74 Å². The molecule has 1 aromatic rings. The number of ether oxygens (including phenoxy) is 1. The summed E-state index contributed by atoms with van der Waals surface area (Å²) in [4.78, 5) is 0. The highest BCUT2D eigenvalue weighted by Gasteiger charge is 2.43. The molecule has 3 rings (SSSR count). The molecule has 2 nitrogen and oxygen atoms in total.